The van der Waals surface area contributed by atoms with Gasteiger partial charge in [0.15, 0.2) is 9.84 Å². The van der Waals surface area contributed by atoms with E-state index >= 15 is 0 Å². The van der Waals surface area contributed by atoms with E-state index in [4.69, 9.17) is 5.73 Å². The van der Waals surface area contributed by atoms with E-state index in [1.165, 1.54) is 4.90 Å². The number of benzene rings is 1. The largest absolute Gasteiger partial charge is 0.344 e. The minimum absolute atomic E-state index is 0.147. The molecule has 1 rings (SSSR count). The van der Waals surface area contributed by atoms with Gasteiger partial charge in [0.25, 0.3) is 0 Å². The molecule has 0 unspecified atom stereocenters. The third-order valence-electron chi connectivity index (χ3n) is 3.26. The number of amides is 1. The van der Waals surface area contributed by atoms with Gasteiger partial charge in [-0.15, -0.1) is 0 Å². The van der Waals surface area contributed by atoms with Gasteiger partial charge in [-0.3, -0.25) is 4.79 Å². The van der Waals surface area contributed by atoms with Crippen LogP contribution >= 0.6 is 15.9 Å². The average molecular weight is 391 g/mol. The summed E-state index contributed by atoms with van der Waals surface area (Å²) in [5.74, 6) is -1.04. The molecule has 0 atom stereocenters. The second-order valence-electron chi connectivity index (χ2n) is 6.28. The Morgan fingerprint density at radius 2 is 2.00 bits per heavy atom. The SMILES string of the molecule is CN(CC(C)(C)CN)C(=O)CS(=O)(=O)Cc1cccc(Br)c1. The molecule has 22 heavy (non-hydrogen) atoms. The van der Waals surface area contributed by atoms with Crippen LogP contribution in [-0.2, 0) is 20.4 Å². The minimum Gasteiger partial charge on any atom is -0.344 e. The zero-order valence-electron chi connectivity index (χ0n) is 13.2. The lowest BCUT2D eigenvalue weighted by Crippen LogP contribution is -2.42. The summed E-state index contributed by atoms with van der Waals surface area (Å²) in [4.78, 5) is 13.5. The Bertz CT molecular complexity index is 629. The summed E-state index contributed by atoms with van der Waals surface area (Å²) in [6.45, 7) is 4.73. The van der Waals surface area contributed by atoms with Crippen LogP contribution in [0.1, 0.15) is 19.4 Å². The number of sulfone groups is 1. The first-order chi connectivity index (χ1) is 10.0. The third kappa shape index (κ3) is 6.46. The van der Waals surface area contributed by atoms with Crippen molar-refractivity contribution >= 4 is 31.7 Å². The summed E-state index contributed by atoms with van der Waals surface area (Å²) < 4.78 is 25.2. The van der Waals surface area contributed by atoms with Crippen LogP contribution in [0, 0.1) is 5.41 Å². The number of rotatable bonds is 7. The molecule has 2 N–H and O–H groups in total. The van der Waals surface area contributed by atoms with Crippen LogP contribution < -0.4 is 5.73 Å². The molecule has 0 aliphatic rings. The Morgan fingerprint density at radius 1 is 1.36 bits per heavy atom. The van der Waals surface area contributed by atoms with Gasteiger partial charge in [-0.1, -0.05) is 41.9 Å². The quantitative estimate of drug-likeness (QED) is 0.769. The van der Waals surface area contributed by atoms with E-state index in [1.54, 1.807) is 25.2 Å². The number of hydrogen-bond donors (Lipinski definition) is 1. The molecule has 7 heteroatoms. The fourth-order valence-corrected chi connectivity index (χ4v) is 3.86. The Labute approximate surface area is 140 Å². The summed E-state index contributed by atoms with van der Waals surface area (Å²) in [7, 11) is -1.90. The van der Waals surface area contributed by atoms with Crippen LogP contribution in [-0.4, -0.2) is 45.1 Å². The van der Waals surface area contributed by atoms with E-state index in [9.17, 15) is 13.2 Å². The molecule has 0 radical (unpaired) electrons. The number of hydrogen-bond acceptors (Lipinski definition) is 4. The zero-order valence-corrected chi connectivity index (χ0v) is 15.6. The van der Waals surface area contributed by atoms with Gasteiger partial charge in [0, 0.05) is 18.1 Å². The number of carbonyl (C=O) groups is 1. The van der Waals surface area contributed by atoms with Gasteiger partial charge in [-0.2, -0.15) is 0 Å². The molecule has 0 spiro atoms. The van der Waals surface area contributed by atoms with Crippen LogP contribution in [0.4, 0.5) is 0 Å². The lowest BCUT2D eigenvalue weighted by molar-refractivity contribution is -0.128. The maximum atomic E-state index is 12.2. The number of nitrogens with zero attached hydrogens (tertiary/aromatic N) is 1. The van der Waals surface area contributed by atoms with Crippen molar-refractivity contribution < 1.29 is 13.2 Å². The summed E-state index contributed by atoms with van der Waals surface area (Å²) in [5, 5.41) is 0. The zero-order chi connectivity index (χ0) is 17.0. The van der Waals surface area contributed by atoms with Crippen molar-refractivity contribution in [2.24, 2.45) is 11.1 Å². The monoisotopic (exact) mass is 390 g/mol. The van der Waals surface area contributed by atoms with Crippen molar-refractivity contribution in [2.45, 2.75) is 19.6 Å². The van der Waals surface area contributed by atoms with E-state index in [1.807, 2.05) is 19.9 Å². The van der Waals surface area contributed by atoms with Crippen LogP contribution in [0.15, 0.2) is 28.7 Å². The Balaban J connectivity index is 2.69. The summed E-state index contributed by atoms with van der Waals surface area (Å²) in [6, 6.07) is 7.06. The minimum atomic E-state index is -3.50. The molecule has 5 nitrogen and oxygen atoms in total. The maximum absolute atomic E-state index is 12.2. The highest BCUT2D eigenvalue weighted by molar-refractivity contribution is 9.10. The molecular formula is C15H23BrN2O3S. The number of carbonyl (C=O) groups excluding carboxylic acids is 1. The van der Waals surface area contributed by atoms with Crippen molar-refractivity contribution in [2.75, 3.05) is 25.9 Å². The molecule has 0 fully saturated rings. The van der Waals surface area contributed by atoms with Crippen molar-refractivity contribution in [1.82, 2.24) is 4.90 Å². The third-order valence-corrected chi connectivity index (χ3v) is 5.22. The molecule has 0 aromatic heterocycles. The highest BCUT2D eigenvalue weighted by Gasteiger charge is 2.25. The highest BCUT2D eigenvalue weighted by atomic mass is 79.9. The van der Waals surface area contributed by atoms with Crippen LogP contribution in [0.3, 0.4) is 0 Å². The molecule has 0 aliphatic carbocycles. The fourth-order valence-electron chi connectivity index (χ4n) is 2.02. The summed E-state index contributed by atoms with van der Waals surface area (Å²) >= 11 is 3.30. The molecule has 0 saturated carbocycles. The standard InChI is InChI=1S/C15H23BrN2O3S/c1-15(2,10-17)11-18(3)14(19)9-22(20,21)8-12-5-4-6-13(16)7-12/h4-7H,8-11,17H2,1-3H3. The van der Waals surface area contributed by atoms with Gasteiger partial charge in [-0.05, 0) is 29.7 Å². The number of halogens is 1. The van der Waals surface area contributed by atoms with Crippen molar-refractivity contribution in [3.8, 4) is 0 Å². The van der Waals surface area contributed by atoms with E-state index in [0.717, 1.165) is 4.47 Å². The van der Waals surface area contributed by atoms with Gasteiger partial charge in [0.2, 0.25) is 5.91 Å². The van der Waals surface area contributed by atoms with E-state index in [2.05, 4.69) is 15.9 Å². The summed E-state index contributed by atoms with van der Waals surface area (Å²) in [5.41, 5.74) is 6.06. The summed E-state index contributed by atoms with van der Waals surface area (Å²) in [6.07, 6.45) is 0. The molecule has 0 heterocycles. The second kappa shape index (κ2) is 7.57. The fraction of sp³-hybridized carbons (Fsp3) is 0.533. The molecule has 124 valence electrons. The van der Waals surface area contributed by atoms with Gasteiger partial charge in [-0.25, -0.2) is 8.42 Å². The first-order valence-electron chi connectivity index (χ1n) is 6.93. The van der Waals surface area contributed by atoms with Crippen molar-refractivity contribution in [3.05, 3.63) is 34.3 Å². The predicted octanol–water partition coefficient (Wildman–Crippen LogP) is 1.81. The molecule has 0 aliphatic heterocycles. The highest BCUT2D eigenvalue weighted by Crippen LogP contribution is 2.16. The van der Waals surface area contributed by atoms with Gasteiger partial charge < -0.3 is 10.6 Å². The van der Waals surface area contributed by atoms with Gasteiger partial charge in [0.05, 0.1) is 5.75 Å². The lowest BCUT2D eigenvalue weighted by atomic mass is 9.93. The first-order valence-corrected chi connectivity index (χ1v) is 9.55. The van der Waals surface area contributed by atoms with Crippen LogP contribution in [0.25, 0.3) is 0 Å². The van der Waals surface area contributed by atoms with E-state index in [-0.39, 0.29) is 11.2 Å². The van der Waals surface area contributed by atoms with Crippen LogP contribution in [0.5, 0.6) is 0 Å². The molecule has 1 amide bonds. The van der Waals surface area contributed by atoms with Gasteiger partial charge in [0.1, 0.15) is 5.75 Å². The molecule has 1 aromatic rings. The first kappa shape index (κ1) is 19.1. The normalized spacial score (nSPS) is 12.2. The van der Waals surface area contributed by atoms with Crippen molar-refractivity contribution in [3.63, 3.8) is 0 Å². The van der Waals surface area contributed by atoms with E-state index < -0.39 is 21.5 Å². The predicted molar refractivity (Wildman–Crippen MR) is 92.1 cm³/mol. The Hall–Kier alpha value is -0.920. The molecule has 0 saturated heterocycles. The second-order valence-corrected chi connectivity index (χ2v) is 9.26. The van der Waals surface area contributed by atoms with E-state index in [0.29, 0.717) is 18.7 Å². The lowest BCUT2D eigenvalue weighted by Gasteiger charge is -2.29. The van der Waals surface area contributed by atoms with Crippen LogP contribution in [0.2, 0.25) is 0 Å². The topological polar surface area (TPSA) is 80.5 Å². The maximum Gasteiger partial charge on any atom is 0.237 e. The molecule has 0 bridgehead atoms. The Morgan fingerprint density at radius 3 is 2.55 bits per heavy atom. The smallest absolute Gasteiger partial charge is 0.237 e. The van der Waals surface area contributed by atoms with Gasteiger partial charge >= 0.3 is 0 Å². The van der Waals surface area contributed by atoms with Crippen molar-refractivity contribution in [1.29, 1.82) is 0 Å². The molecule has 1 aromatic carbocycles. The average Bonchev–Trinajstić information content (AvgIpc) is 2.37. The Kier molecular flexibility index (Phi) is 6.58. The number of nitrogens with two attached hydrogens (primary N) is 1. The molecular weight excluding hydrogens is 368 g/mol.